The molecule has 3 aromatic heterocycles. The Morgan fingerprint density at radius 1 is 1.20 bits per heavy atom. The molecule has 10 heteroatoms. The molecule has 0 spiro atoms. The molecule has 150 valence electrons. The maximum absolute atomic E-state index is 14.7. The number of nitrogens with zero attached hydrogens (tertiary/aromatic N) is 7. The van der Waals surface area contributed by atoms with Gasteiger partial charge in [0.2, 0.25) is 0 Å². The summed E-state index contributed by atoms with van der Waals surface area (Å²) in [6.45, 7) is 1.85. The first-order valence-corrected chi connectivity index (χ1v) is 8.85. The molecule has 4 rings (SSSR count). The number of nitrogens with two attached hydrogens (primary N) is 1. The van der Waals surface area contributed by atoms with Gasteiger partial charge >= 0.3 is 0 Å². The number of benzene rings is 1. The largest absolute Gasteiger partial charge is 0.381 e. The molecule has 4 aromatic rings. The van der Waals surface area contributed by atoms with Crippen molar-refractivity contribution in [2.45, 2.75) is 13.5 Å². The van der Waals surface area contributed by atoms with Crippen LogP contribution in [0, 0.1) is 30.9 Å². The molecule has 8 nitrogen and oxygen atoms in total. The summed E-state index contributed by atoms with van der Waals surface area (Å²) >= 11 is 0. The number of anilines is 1. The summed E-state index contributed by atoms with van der Waals surface area (Å²) in [6, 6.07) is 5.32. The van der Waals surface area contributed by atoms with Crippen molar-refractivity contribution < 1.29 is 8.78 Å². The first kappa shape index (κ1) is 19.2. The van der Waals surface area contributed by atoms with Crippen molar-refractivity contribution in [2.24, 2.45) is 7.05 Å². The minimum atomic E-state index is -0.819. The van der Waals surface area contributed by atoms with Gasteiger partial charge in [0.05, 0.1) is 18.9 Å². The zero-order chi connectivity index (χ0) is 21.4. The van der Waals surface area contributed by atoms with Crippen molar-refractivity contribution in [1.29, 1.82) is 0 Å². The van der Waals surface area contributed by atoms with Gasteiger partial charge in [-0.25, -0.2) is 23.4 Å². The minimum absolute atomic E-state index is 0.0258. The Morgan fingerprint density at radius 3 is 2.70 bits per heavy atom. The molecule has 0 amide bonds. The van der Waals surface area contributed by atoms with Crippen LogP contribution in [0.25, 0.3) is 22.8 Å². The number of hydrogen-bond acceptors (Lipinski definition) is 6. The Morgan fingerprint density at radius 2 is 2.00 bits per heavy atom. The molecule has 0 fully saturated rings. The van der Waals surface area contributed by atoms with Gasteiger partial charge in [-0.1, -0.05) is 23.3 Å². The lowest BCUT2D eigenvalue weighted by Crippen LogP contribution is -2.04. The first-order valence-electron chi connectivity index (χ1n) is 8.85. The van der Waals surface area contributed by atoms with Crippen LogP contribution in [0.15, 0.2) is 30.6 Å². The maximum Gasteiger partial charge on any atom is 0.193 e. The zero-order valence-electron chi connectivity index (χ0n) is 16.1. The Labute approximate surface area is 170 Å². The van der Waals surface area contributed by atoms with E-state index in [0.717, 1.165) is 5.56 Å². The van der Waals surface area contributed by atoms with Crippen LogP contribution in [0.5, 0.6) is 0 Å². The van der Waals surface area contributed by atoms with Gasteiger partial charge < -0.3 is 5.73 Å². The third-order valence-corrected chi connectivity index (χ3v) is 4.55. The summed E-state index contributed by atoms with van der Waals surface area (Å²) in [5.41, 5.74) is 8.05. The molecule has 0 aliphatic rings. The molecule has 0 aliphatic heterocycles. The van der Waals surface area contributed by atoms with E-state index in [1.807, 2.05) is 6.92 Å². The monoisotopic (exact) mass is 406 g/mol. The van der Waals surface area contributed by atoms with E-state index >= 15 is 0 Å². The molecular formula is C20H16F2N8. The van der Waals surface area contributed by atoms with Crippen LogP contribution in [0.2, 0.25) is 0 Å². The summed E-state index contributed by atoms with van der Waals surface area (Å²) in [6.07, 6.45) is 8.21. The quantitative estimate of drug-likeness (QED) is 0.522. The van der Waals surface area contributed by atoms with E-state index in [-0.39, 0.29) is 35.3 Å². The lowest BCUT2D eigenvalue weighted by atomic mass is 10.0. The highest BCUT2D eigenvalue weighted by Gasteiger charge is 2.20. The van der Waals surface area contributed by atoms with Gasteiger partial charge in [0.15, 0.2) is 23.3 Å². The van der Waals surface area contributed by atoms with E-state index in [2.05, 4.69) is 31.3 Å². The summed E-state index contributed by atoms with van der Waals surface area (Å²) in [5, 5.41) is 11.9. The van der Waals surface area contributed by atoms with E-state index in [4.69, 9.17) is 12.2 Å². The number of terminal acetylenes is 1. The summed E-state index contributed by atoms with van der Waals surface area (Å²) < 4.78 is 31.2. The third kappa shape index (κ3) is 3.37. The molecule has 1 aromatic carbocycles. The van der Waals surface area contributed by atoms with Gasteiger partial charge in [-0.3, -0.25) is 4.68 Å². The number of halogens is 2. The van der Waals surface area contributed by atoms with E-state index in [1.54, 1.807) is 25.2 Å². The fourth-order valence-corrected chi connectivity index (χ4v) is 3.04. The number of aryl methyl sites for hydroxylation is 1. The second-order valence-electron chi connectivity index (χ2n) is 6.62. The van der Waals surface area contributed by atoms with Gasteiger partial charge in [0, 0.05) is 18.2 Å². The number of rotatable bonds is 4. The average Bonchev–Trinajstić information content (AvgIpc) is 3.30. The SMILES string of the molecule is C#Cc1cccc(-c2nc(N)c(F)c(-c3cn(Cc4nn(C)cc4F)nn3)n2)c1C. The van der Waals surface area contributed by atoms with Gasteiger partial charge in [-0.05, 0) is 18.6 Å². The lowest BCUT2D eigenvalue weighted by Gasteiger charge is -2.09. The summed E-state index contributed by atoms with van der Waals surface area (Å²) in [5.74, 6) is 1.18. The molecule has 0 bridgehead atoms. The van der Waals surface area contributed by atoms with Crippen molar-refractivity contribution in [2.75, 3.05) is 5.73 Å². The van der Waals surface area contributed by atoms with Crippen LogP contribution in [-0.2, 0) is 13.6 Å². The average molecular weight is 406 g/mol. The summed E-state index contributed by atoms with van der Waals surface area (Å²) in [4.78, 5) is 8.37. The van der Waals surface area contributed by atoms with Crippen molar-refractivity contribution in [3.63, 3.8) is 0 Å². The number of hydrogen-bond donors (Lipinski definition) is 1. The van der Waals surface area contributed by atoms with Crippen LogP contribution >= 0.6 is 0 Å². The molecule has 0 radical (unpaired) electrons. The molecule has 30 heavy (non-hydrogen) atoms. The van der Waals surface area contributed by atoms with E-state index in [0.29, 0.717) is 11.1 Å². The van der Waals surface area contributed by atoms with E-state index in [9.17, 15) is 8.78 Å². The smallest absolute Gasteiger partial charge is 0.193 e. The molecule has 3 heterocycles. The van der Waals surface area contributed by atoms with Crippen molar-refractivity contribution in [3.8, 4) is 35.1 Å². The third-order valence-electron chi connectivity index (χ3n) is 4.55. The highest BCUT2D eigenvalue weighted by molar-refractivity contribution is 5.69. The Bertz CT molecular complexity index is 1300. The highest BCUT2D eigenvalue weighted by Crippen LogP contribution is 2.28. The second-order valence-corrected chi connectivity index (χ2v) is 6.62. The fraction of sp³-hybridized carbons (Fsp3) is 0.150. The van der Waals surface area contributed by atoms with Crippen LogP contribution in [0.4, 0.5) is 14.6 Å². The fourth-order valence-electron chi connectivity index (χ4n) is 3.04. The normalized spacial score (nSPS) is 10.9. The van der Waals surface area contributed by atoms with Gasteiger partial charge in [-0.15, -0.1) is 11.5 Å². The lowest BCUT2D eigenvalue weighted by molar-refractivity contribution is 0.572. The standard InChI is InChI=1S/C20H16F2N8/c1-4-12-6-5-7-13(11(12)2)20-24-18(17(22)19(23)25-20)16-10-30(28-26-16)9-15-14(21)8-29(3)27-15/h1,5-8,10H,9H2,2-3H3,(H2,23,24,25). The van der Waals surface area contributed by atoms with Gasteiger partial charge in [0.1, 0.15) is 17.1 Å². The predicted molar refractivity (Wildman–Crippen MR) is 106 cm³/mol. The molecule has 0 unspecified atom stereocenters. The highest BCUT2D eigenvalue weighted by atomic mass is 19.1. The predicted octanol–water partition coefficient (Wildman–Crippen LogP) is 2.33. The molecular weight excluding hydrogens is 390 g/mol. The van der Waals surface area contributed by atoms with Gasteiger partial charge in [-0.2, -0.15) is 5.10 Å². The minimum Gasteiger partial charge on any atom is -0.381 e. The van der Waals surface area contributed by atoms with Crippen LogP contribution in [0.3, 0.4) is 0 Å². The Hall–Kier alpha value is -4.13. The maximum atomic E-state index is 14.7. The summed E-state index contributed by atoms with van der Waals surface area (Å²) in [7, 11) is 1.61. The van der Waals surface area contributed by atoms with Crippen molar-refractivity contribution in [3.05, 3.63) is 59.0 Å². The molecule has 0 aliphatic carbocycles. The van der Waals surface area contributed by atoms with Crippen LogP contribution in [-0.4, -0.2) is 34.7 Å². The second kappa shape index (κ2) is 7.36. The molecule has 0 atom stereocenters. The Balaban J connectivity index is 1.75. The van der Waals surface area contributed by atoms with E-state index in [1.165, 1.54) is 21.8 Å². The van der Waals surface area contributed by atoms with E-state index < -0.39 is 11.6 Å². The number of nitrogen functional groups attached to an aromatic ring is 1. The van der Waals surface area contributed by atoms with Crippen LogP contribution in [0.1, 0.15) is 16.8 Å². The molecule has 2 N–H and O–H groups in total. The van der Waals surface area contributed by atoms with Crippen molar-refractivity contribution in [1.82, 2.24) is 34.7 Å². The Kier molecular flexibility index (Phi) is 4.71. The number of aromatic nitrogens is 7. The van der Waals surface area contributed by atoms with Crippen molar-refractivity contribution >= 4 is 5.82 Å². The van der Waals surface area contributed by atoms with Crippen LogP contribution < -0.4 is 5.73 Å². The molecule has 0 saturated heterocycles. The van der Waals surface area contributed by atoms with Gasteiger partial charge in [0.25, 0.3) is 0 Å². The molecule has 0 saturated carbocycles. The zero-order valence-corrected chi connectivity index (χ0v) is 16.1. The topological polar surface area (TPSA) is 100 Å². The first-order chi connectivity index (χ1) is 14.4.